The van der Waals surface area contributed by atoms with Crippen molar-refractivity contribution in [2.24, 2.45) is 5.73 Å². The molecule has 2 rings (SSSR count). The second kappa shape index (κ2) is 11.7. The third-order valence-corrected chi connectivity index (χ3v) is 5.14. The number of likely N-dealkylation sites (N-methyl/N-ethyl adjacent to an activating group) is 1. The molecule has 0 heterocycles. The first-order valence-electron chi connectivity index (χ1n) is 8.99. The van der Waals surface area contributed by atoms with Crippen molar-refractivity contribution in [1.82, 2.24) is 10.2 Å². The summed E-state index contributed by atoms with van der Waals surface area (Å²) in [6, 6.07) is 8.18. The Morgan fingerprint density at radius 3 is 2.42 bits per heavy atom. The van der Waals surface area contributed by atoms with E-state index in [4.69, 9.17) is 10.5 Å². The number of halogens is 2. The van der Waals surface area contributed by atoms with Crippen LogP contribution in [0.1, 0.15) is 51.1 Å². The van der Waals surface area contributed by atoms with Crippen LogP contribution in [0.2, 0.25) is 0 Å². The zero-order chi connectivity index (χ0) is 17.6. The first-order chi connectivity index (χ1) is 11.5. The van der Waals surface area contributed by atoms with E-state index >= 15 is 0 Å². The molecule has 1 fully saturated rings. The van der Waals surface area contributed by atoms with E-state index in [1.807, 2.05) is 18.2 Å². The number of ether oxygens (including phenoxy) is 1. The number of amides is 1. The smallest absolute Gasteiger partial charge is 0.240 e. The lowest BCUT2D eigenvalue weighted by Crippen LogP contribution is -2.53. The van der Waals surface area contributed by atoms with Crippen LogP contribution in [-0.2, 0) is 4.79 Å². The molecule has 1 aliphatic carbocycles. The number of hydrogen-bond donors (Lipinski definition) is 2. The zero-order valence-electron chi connectivity index (χ0n) is 16.0. The quantitative estimate of drug-likeness (QED) is 0.695. The van der Waals surface area contributed by atoms with Gasteiger partial charge in [0.2, 0.25) is 5.91 Å². The second-order valence-electron chi connectivity index (χ2n) is 6.59. The summed E-state index contributed by atoms with van der Waals surface area (Å²) < 4.78 is 5.35. The summed E-state index contributed by atoms with van der Waals surface area (Å²) in [4.78, 5) is 14.9. The molecule has 1 amide bonds. The highest BCUT2D eigenvalue weighted by atomic mass is 35.5. The molecule has 1 aromatic rings. The summed E-state index contributed by atoms with van der Waals surface area (Å²) in [7, 11) is 1.67. The van der Waals surface area contributed by atoms with Crippen molar-refractivity contribution in [3.8, 4) is 5.75 Å². The van der Waals surface area contributed by atoms with Crippen molar-refractivity contribution in [3.05, 3.63) is 29.8 Å². The Balaban J connectivity index is 0.00000312. The van der Waals surface area contributed by atoms with Crippen LogP contribution < -0.4 is 15.8 Å². The van der Waals surface area contributed by atoms with Gasteiger partial charge in [0, 0.05) is 6.54 Å². The van der Waals surface area contributed by atoms with Crippen LogP contribution in [0.5, 0.6) is 5.75 Å². The van der Waals surface area contributed by atoms with Crippen LogP contribution in [0.25, 0.3) is 0 Å². The molecule has 1 aromatic carbocycles. The van der Waals surface area contributed by atoms with Gasteiger partial charge in [-0.05, 0) is 43.6 Å². The number of rotatable bonds is 8. The van der Waals surface area contributed by atoms with Crippen LogP contribution in [0.15, 0.2) is 24.3 Å². The van der Waals surface area contributed by atoms with Gasteiger partial charge >= 0.3 is 0 Å². The zero-order valence-corrected chi connectivity index (χ0v) is 17.6. The van der Waals surface area contributed by atoms with Gasteiger partial charge in [0.05, 0.1) is 18.7 Å². The third-order valence-electron chi connectivity index (χ3n) is 5.14. The van der Waals surface area contributed by atoms with E-state index < -0.39 is 5.54 Å². The molecule has 26 heavy (non-hydrogen) atoms. The van der Waals surface area contributed by atoms with Gasteiger partial charge in [0.15, 0.2) is 0 Å². The van der Waals surface area contributed by atoms with Gasteiger partial charge in [-0.25, -0.2) is 0 Å². The Morgan fingerprint density at radius 2 is 1.88 bits per heavy atom. The van der Waals surface area contributed by atoms with Crippen LogP contribution in [-0.4, -0.2) is 43.1 Å². The Hall–Kier alpha value is -1.01. The molecule has 0 aliphatic heterocycles. The van der Waals surface area contributed by atoms with Gasteiger partial charge in [0.1, 0.15) is 5.75 Å². The highest BCUT2D eigenvalue weighted by Crippen LogP contribution is 2.28. The minimum atomic E-state index is -0.678. The number of hydrogen-bond acceptors (Lipinski definition) is 4. The number of methoxy groups -OCH3 is 1. The Bertz CT molecular complexity index is 547. The lowest BCUT2D eigenvalue weighted by Gasteiger charge is -2.32. The highest BCUT2D eigenvalue weighted by Gasteiger charge is 2.37. The monoisotopic (exact) mass is 405 g/mol. The van der Waals surface area contributed by atoms with Crippen molar-refractivity contribution in [1.29, 1.82) is 0 Å². The fourth-order valence-corrected chi connectivity index (χ4v) is 3.57. The predicted octanol–water partition coefficient (Wildman–Crippen LogP) is 3.31. The third kappa shape index (κ3) is 6.02. The molecule has 1 atom stereocenters. The lowest BCUT2D eigenvalue weighted by atomic mass is 9.97. The molecule has 3 N–H and O–H groups in total. The number of nitrogens with one attached hydrogen (secondary N) is 1. The van der Waals surface area contributed by atoms with E-state index in [9.17, 15) is 4.79 Å². The topological polar surface area (TPSA) is 67.6 Å². The van der Waals surface area contributed by atoms with Crippen molar-refractivity contribution in [2.45, 2.75) is 51.1 Å². The van der Waals surface area contributed by atoms with Crippen LogP contribution in [0.4, 0.5) is 0 Å². The average molecular weight is 406 g/mol. The Labute approximate surface area is 169 Å². The molecular weight excluding hydrogens is 373 g/mol. The fourth-order valence-electron chi connectivity index (χ4n) is 3.57. The molecule has 150 valence electrons. The maximum atomic E-state index is 12.5. The summed E-state index contributed by atoms with van der Waals surface area (Å²) in [5.74, 6) is 0.821. The SMILES string of the molecule is CCN(CC)C(CNC(=O)C1(N)CCCC1)c1cccc(OC)c1.Cl.Cl. The standard InChI is InChI=1S/C19H31N3O2.2ClH/c1-4-22(5-2)17(15-9-8-10-16(13-15)24-3)14-21-18(23)19(20)11-6-7-12-19;;/h8-10,13,17H,4-7,11-12,14,20H2,1-3H3,(H,21,23);2*1H. The van der Waals surface area contributed by atoms with Gasteiger partial charge in [-0.15, -0.1) is 24.8 Å². The van der Waals surface area contributed by atoms with Crippen molar-refractivity contribution in [2.75, 3.05) is 26.7 Å². The average Bonchev–Trinajstić information content (AvgIpc) is 3.06. The minimum Gasteiger partial charge on any atom is -0.497 e. The maximum Gasteiger partial charge on any atom is 0.240 e. The van der Waals surface area contributed by atoms with Crippen molar-refractivity contribution >= 4 is 30.7 Å². The number of benzene rings is 1. The molecule has 0 aromatic heterocycles. The Morgan fingerprint density at radius 1 is 1.27 bits per heavy atom. The summed E-state index contributed by atoms with van der Waals surface area (Å²) in [6.45, 7) is 6.68. The van der Waals surface area contributed by atoms with Crippen molar-refractivity contribution < 1.29 is 9.53 Å². The molecule has 0 spiro atoms. The van der Waals surface area contributed by atoms with Gasteiger partial charge in [0.25, 0.3) is 0 Å². The van der Waals surface area contributed by atoms with E-state index in [0.29, 0.717) is 6.54 Å². The molecule has 7 heteroatoms. The Kier molecular flexibility index (Phi) is 11.2. The van der Waals surface area contributed by atoms with Crippen LogP contribution >= 0.6 is 24.8 Å². The lowest BCUT2D eigenvalue weighted by molar-refractivity contribution is -0.126. The number of nitrogens with zero attached hydrogens (tertiary/aromatic N) is 1. The summed E-state index contributed by atoms with van der Waals surface area (Å²) in [5, 5.41) is 3.10. The van der Waals surface area contributed by atoms with Crippen molar-refractivity contribution in [3.63, 3.8) is 0 Å². The second-order valence-corrected chi connectivity index (χ2v) is 6.59. The summed E-state index contributed by atoms with van der Waals surface area (Å²) >= 11 is 0. The molecule has 0 bridgehead atoms. The molecule has 0 radical (unpaired) electrons. The molecular formula is C19H33Cl2N3O2. The largest absolute Gasteiger partial charge is 0.497 e. The molecule has 0 saturated heterocycles. The maximum absolute atomic E-state index is 12.5. The number of carbonyl (C=O) groups is 1. The predicted molar refractivity (Wildman–Crippen MR) is 112 cm³/mol. The van der Waals surface area contributed by atoms with Gasteiger partial charge in [-0.3, -0.25) is 9.69 Å². The molecule has 5 nitrogen and oxygen atoms in total. The fraction of sp³-hybridized carbons (Fsp3) is 0.632. The van der Waals surface area contributed by atoms with Gasteiger partial charge < -0.3 is 15.8 Å². The van der Waals surface area contributed by atoms with E-state index in [-0.39, 0.29) is 36.8 Å². The molecule has 1 saturated carbocycles. The summed E-state index contributed by atoms with van der Waals surface area (Å²) in [5.41, 5.74) is 6.74. The number of nitrogens with two attached hydrogens (primary N) is 1. The highest BCUT2D eigenvalue weighted by molar-refractivity contribution is 5.86. The molecule has 1 aliphatic rings. The summed E-state index contributed by atoms with van der Waals surface area (Å²) in [6.07, 6.45) is 3.65. The minimum absolute atomic E-state index is 0. The number of carbonyl (C=O) groups excluding carboxylic acids is 1. The first kappa shape index (κ1) is 25.0. The van der Waals surface area contributed by atoms with Crippen LogP contribution in [0, 0.1) is 0 Å². The van der Waals surface area contributed by atoms with Crippen LogP contribution in [0.3, 0.4) is 0 Å². The van der Waals surface area contributed by atoms with E-state index in [2.05, 4.69) is 30.1 Å². The van der Waals surface area contributed by atoms with E-state index in [0.717, 1.165) is 50.1 Å². The van der Waals surface area contributed by atoms with Gasteiger partial charge in [-0.1, -0.05) is 38.8 Å². The normalized spacial score (nSPS) is 16.3. The van der Waals surface area contributed by atoms with E-state index in [1.54, 1.807) is 7.11 Å². The molecule has 1 unspecified atom stereocenters. The van der Waals surface area contributed by atoms with Gasteiger partial charge in [-0.2, -0.15) is 0 Å². The first-order valence-corrected chi connectivity index (χ1v) is 8.99. The van der Waals surface area contributed by atoms with E-state index in [1.165, 1.54) is 0 Å².